The summed E-state index contributed by atoms with van der Waals surface area (Å²) in [6.45, 7) is 3.62. The number of tetrazole rings is 1. The van der Waals surface area contributed by atoms with E-state index in [1.165, 1.54) is 11.8 Å². The number of para-hydroxylation sites is 1. The maximum atomic E-state index is 12.7. The smallest absolute Gasteiger partial charge is 0.234 e. The number of benzene rings is 2. The maximum absolute atomic E-state index is 12.7. The monoisotopic (exact) mass is 521 g/mol. The van der Waals surface area contributed by atoms with Crippen molar-refractivity contribution >= 4 is 56.6 Å². The molecule has 8 nitrogen and oxygen atoms in total. The molecule has 3 aromatic rings. The van der Waals surface area contributed by atoms with Crippen LogP contribution in [0.4, 0.5) is 11.4 Å². The number of piperazine rings is 1. The standard InChI is InChI=1S/C20H21BrClN7OS/c1-27-9-11-28(12-10-27)19-16(22)3-2-4-17(19)23-18(30)13-31-20-24-25-26-29(20)15-7-5-14(21)6-8-15/h2-8H,9-13H2,1H3,(H,23,30). The molecule has 162 valence electrons. The van der Waals surface area contributed by atoms with E-state index in [2.05, 4.69) is 53.6 Å². The summed E-state index contributed by atoms with van der Waals surface area (Å²) in [6.07, 6.45) is 0. The number of thioether (sulfide) groups is 1. The number of hydrogen-bond acceptors (Lipinski definition) is 7. The Kier molecular flexibility index (Phi) is 7.11. The van der Waals surface area contributed by atoms with Crippen LogP contribution < -0.4 is 10.2 Å². The average molecular weight is 523 g/mol. The van der Waals surface area contributed by atoms with Gasteiger partial charge in [-0.05, 0) is 53.9 Å². The highest BCUT2D eigenvalue weighted by Gasteiger charge is 2.21. The van der Waals surface area contributed by atoms with Crippen LogP contribution in [0.2, 0.25) is 5.02 Å². The van der Waals surface area contributed by atoms with Crippen LogP contribution in [-0.4, -0.2) is 70.0 Å². The Balaban J connectivity index is 1.43. The predicted molar refractivity (Wildman–Crippen MR) is 127 cm³/mol. The lowest BCUT2D eigenvalue weighted by molar-refractivity contribution is -0.113. The van der Waals surface area contributed by atoms with E-state index in [1.54, 1.807) is 4.68 Å². The van der Waals surface area contributed by atoms with E-state index in [9.17, 15) is 4.79 Å². The van der Waals surface area contributed by atoms with Crippen molar-refractivity contribution in [2.75, 3.05) is 49.2 Å². The molecule has 0 bridgehead atoms. The third-order valence-corrected chi connectivity index (χ3v) is 6.68. The Morgan fingerprint density at radius 1 is 1.16 bits per heavy atom. The van der Waals surface area contributed by atoms with E-state index in [0.29, 0.717) is 10.2 Å². The minimum absolute atomic E-state index is 0.145. The Morgan fingerprint density at radius 3 is 2.65 bits per heavy atom. The molecule has 1 aromatic heterocycles. The first-order valence-corrected chi connectivity index (χ1v) is 11.9. The maximum Gasteiger partial charge on any atom is 0.234 e. The molecule has 0 saturated carbocycles. The molecule has 1 amide bonds. The van der Waals surface area contributed by atoms with Gasteiger partial charge in [-0.15, -0.1) is 5.10 Å². The van der Waals surface area contributed by atoms with E-state index in [-0.39, 0.29) is 11.7 Å². The normalized spacial score (nSPS) is 14.6. The van der Waals surface area contributed by atoms with Gasteiger partial charge in [0.2, 0.25) is 11.1 Å². The second-order valence-corrected chi connectivity index (χ2v) is 9.38. The fourth-order valence-electron chi connectivity index (χ4n) is 3.30. The first-order valence-electron chi connectivity index (χ1n) is 9.70. The molecule has 2 aromatic carbocycles. The molecule has 31 heavy (non-hydrogen) atoms. The highest BCUT2D eigenvalue weighted by atomic mass is 79.9. The van der Waals surface area contributed by atoms with Crippen LogP contribution in [0.1, 0.15) is 0 Å². The fraction of sp³-hybridized carbons (Fsp3) is 0.300. The number of aromatic nitrogens is 4. The van der Waals surface area contributed by atoms with Gasteiger partial charge in [-0.1, -0.05) is 45.4 Å². The topological polar surface area (TPSA) is 79.2 Å². The summed E-state index contributed by atoms with van der Waals surface area (Å²) in [4.78, 5) is 17.2. The summed E-state index contributed by atoms with van der Waals surface area (Å²) in [5.74, 6) is 0.0268. The number of hydrogen-bond donors (Lipinski definition) is 1. The zero-order valence-electron chi connectivity index (χ0n) is 16.8. The van der Waals surface area contributed by atoms with E-state index in [1.807, 2.05) is 42.5 Å². The number of carbonyl (C=O) groups is 1. The summed E-state index contributed by atoms with van der Waals surface area (Å²) in [5, 5.41) is 16.0. The summed E-state index contributed by atoms with van der Waals surface area (Å²) in [6, 6.07) is 13.2. The Morgan fingerprint density at radius 2 is 1.90 bits per heavy atom. The largest absolute Gasteiger partial charge is 0.366 e. The van der Waals surface area contributed by atoms with Gasteiger partial charge < -0.3 is 15.1 Å². The third-order valence-electron chi connectivity index (χ3n) is 4.92. The Bertz CT molecular complexity index is 1050. The van der Waals surface area contributed by atoms with Gasteiger partial charge in [0.15, 0.2) is 0 Å². The van der Waals surface area contributed by atoms with Gasteiger partial charge in [0.1, 0.15) is 0 Å². The van der Waals surface area contributed by atoms with Crippen LogP contribution in [0, 0.1) is 0 Å². The molecule has 1 aliphatic rings. The minimum atomic E-state index is -0.145. The number of nitrogens with zero attached hydrogens (tertiary/aromatic N) is 6. The number of rotatable bonds is 6. The predicted octanol–water partition coefficient (Wildman–Crippen LogP) is 3.56. The van der Waals surface area contributed by atoms with Crippen LogP contribution in [-0.2, 0) is 4.79 Å². The lowest BCUT2D eigenvalue weighted by atomic mass is 10.2. The van der Waals surface area contributed by atoms with Crippen molar-refractivity contribution in [2.45, 2.75) is 5.16 Å². The van der Waals surface area contributed by atoms with Crippen LogP contribution in [0.15, 0.2) is 52.1 Å². The average Bonchev–Trinajstić information content (AvgIpc) is 3.23. The molecule has 4 rings (SSSR count). The Hall–Kier alpha value is -2.14. The third kappa shape index (κ3) is 5.38. The van der Waals surface area contributed by atoms with Crippen LogP contribution in [0.25, 0.3) is 5.69 Å². The molecule has 1 N–H and O–H groups in total. The number of carbonyl (C=O) groups excluding carboxylic acids is 1. The number of likely N-dealkylation sites (N-methyl/N-ethyl adjacent to an activating group) is 1. The first-order chi connectivity index (χ1) is 15.0. The molecule has 2 heterocycles. The van der Waals surface area contributed by atoms with Crippen molar-refractivity contribution in [3.63, 3.8) is 0 Å². The zero-order chi connectivity index (χ0) is 21.8. The van der Waals surface area contributed by atoms with Gasteiger partial charge >= 0.3 is 0 Å². The molecule has 0 atom stereocenters. The van der Waals surface area contributed by atoms with Crippen LogP contribution in [0.5, 0.6) is 0 Å². The zero-order valence-corrected chi connectivity index (χ0v) is 20.0. The van der Waals surface area contributed by atoms with Gasteiger partial charge in [-0.3, -0.25) is 4.79 Å². The van der Waals surface area contributed by atoms with Crippen molar-refractivity contribution in [1.29, 1.82) is 0 Å². The highest BCUT2D eigenvalue weighted by molar-refractivity contribution is 9.10. The second-order valence-electron chi connectivity index (χ2n) is 7.11. The summed E-state index contributed by atoms with van der Waals surface area (Å²) in [5.41, 5.74) is 2.41. The van der Waals surface area contributed by atoms with Crippen molar-refractivity contribution in [3.8, 4) is 5.69 Å². The molecule has 0 aliphatic carbocycles. The highest BCUT2D eigenvalue weighted by Crippen LogP contribution is 2.34. The number of halogens is 2. The Labute approximate surface area is 198 Å². The van der Waals surface area contributed by atoms with E-state index < -0.39 is 0 Å². The van der Waals surface area contributed by atoms with Crippen LogP contribution >= 0.6 is 39.3 Å². The van der Waals surface area contributed by atoms with Gasteiger partial charge in [-0.2, -0.15) is 4.68 Å². The van der Waals surface area contributed by atoms with Crippen molar-refractivity contribution < 1.29 is 4.79 Å². The lowest BCUT2D eigenvalue weighted by Crippen LogP contribution is -2.44. The van der Waals surface area contributed by atoms with E-state index >= 15 is 0 Å². The lowest BCUT2D eigenvalue weighted by Gasteiger charge is -2.35. The molecule has 0 radical (unpaired) electrons. The van der Waals surface area contributed by atoms with Crippen molar-refractivity contribution in [1.82, 2.24) is 25.1 Å². The number of anilines is 2. The summed E-state index contributed by atoms with van der Waals surface area (Å²) < 4.78 is 2.58. The van der Waals surface area contributed by atoms with Gasteiger partial charge in [0.25, 0.3) is 0 Å². The molecule has 1 fully saturated rings. The quantitative estimate of drug-likeness (QED) is 0.496. The van der Waals surface area contributed by atoms with Crippen molar-refractivity contribution in [2.24, 2.45) is 0 Å². The van der Waals surface area contributed by atoms with E-state index in [4.69, 9.17) is 11.6 Å². The SMILES string of the molecule is CN1CCN(c2c(Cl)cccc2NC(=O)CSc2nnnn2-c2ccc(Br)cc2)CC1. The molecule has 1 saturated heterocycles. The van der Waals surface area contributed by atoms with Gasteiger partial charge in [0.05, 0.1) is 27.8 Å². The first kappa shape index (κ1) is 22.1. The number of amides is 1. The molecule has 11 heteroatoms. The summed E-state index contributed by atoms with van der Waals surface area (Å²) in [7, 11) is 2.10. The molecule has 0 unspecified atom stereocenters. The summed E-state index contributed by atoms with van der Waals surface area (Å²) >= 11 is 11.2. The number of nitrogens with one attached hydrogen (secondary N) is 1. The van der Waals surface area contributed by atoms with Crippen molar-refractivity contribution in [3.05, 3.63) is 52.0 Å². The molecular formula is C20H21BrClN7OS. The van der Waals surface area contributed by atoms with Gasteiger partial charge in [-0.25, -0.2) is 0 Å². The van der Waals surface area contributed by atoms with Gasteiger partial charge in [0, 0.05) is 30.7 Å². The second kappa shape index (κ2) is 9.99. The molecule has 0 spiro atoms. The van der Waals surface area contributed by atoms with Crippen LogP contribution in [0.3, 0.4) is 0 Å². The molecule has 1 aliphatic heterocycles. The molecular weight excluding hydrogens is 502 g/mol. The minimum Gasteiger partial charge on any atom is -0.366 e. The van der Waals surface area contributed by atoms with E-state index in [0.717, 1.165) is 47.7 Å². The fourth-order valence-corrected chi connectivity index (χ4v) is 4.55.